The molecule has 0 spiro atoms. The van der Waals surface area contributed by atoms with E-state index in [0.29, 0.717) is 49.7 Å². The second-order valence-electron chi connectivity index (χ2n) is 18.8. The number of imide groups is 1. The van der Waals surface area contributed by atoms with Crippen LogP contribution in [0.4, 0.5) is 0 Å². The smallest absolute Gasteiger partial charge is 0.333 e. The number of carbonyl (C=O) groups is 10. The largest absolute Gasteiger partial charge is 0.427 e. The molecule has 1 saturated heterocycles. The van der Waals surface area contributed by atoms with Crippen molar-refractivity contribution in [1.29, 1.82) is 0 Å². The first-order valence-electron chi connectivity index (χ1n) is 26.0. The first kappa shape index (κ1) is 66.6. The van der Waals surface area contributed by atoms with Crippen LogP contribution in [-0.4, -0.2) is 172 Å². The minimum Gasteiger partial charge on any atom is -0.427 e. The molecule has 83 heavy (non-hydrogen) atoms. The number of amides is 9. The standard InChI is InChI=1S/C51H60N12O15S4.Lu/c64-38(13-7-16-43(67)78-63-39(65)21-22-40(63)66)52-23-2-1-10-31-30-55-46(70)34-19-17-32(50(81)61(34)76)44(68)53-24-8-28-57(48(72)36-11-5-14-41(79)59(36)74)26-3-4-27-58(49(73)37-12-6-15-42(80)60(37)75)29-9-25-54-45(69)33-18-20-35(47(71)56-31)62(77)51(33)82;/h5-6,11-12,14-15,17-20,31,74-77H,1-4,7-10,13,16,21-30H2,(H,52,64)(H,53,68)(H,54,69)(H,55,70)(H,56,71);/t31-;/m0./s1. The van der Waals surface area contributed by atoms with E-state index in [0.717, 1.165) is 12.1 Å². The van der Waals surface area contributed by atoms with Crippen molar-refractivity contribution in [3.8, 4) is 0 Å². The van der Waals surface area contributed by atoms with E-state index in [2.05, 4.69) is 26.6 Å². The number of nitrogens with zero attached hydrogens (tertiary/aromatic N) is 7. The summed E-state index contributed by atoms with van der Waals surface area (Å²) in [7, 11) is 0. The van der Waals surface area contributed by atoms with E-state index < -0.39 is 80.2 Å². The Labute approximate surface area is 523 Å². The third kappa shape index (κ3) is 18.2. The first-order chi connectivity index (χ1) is 39.2. The van der Waals surface area contributed by atoms with Gasteiger partial charge in [-0.05, 0) is 99.9 Å². The number of hydrogen-bond acceptors (Lipinski definition) is 19. The molecule has 453 valence electrons. The molecule has 0 aliphatic carbocycles. The van der Waals surface area contributed by atoms with Gasteiger partial charge in [0.05, 0.1) is 11.1 Å². The van der Waals surface area contributed by atoms with Crippen LogP contribution in [0.2, 0.25) is 0 Å². The normalized spacial score (nSPS) is 16.2. The first-order valence-corrected chi connectivity index (χ1v) is 27.6. The Hall–Kier alpha value is -7.19. The maximum absolute atomic E-state index is 13.9. The SMILES string of the molecule is O=C(CCCC(=O)ON1C(=O)CCC1=O)NCCCC[C@H]1CNC(=O)c2ccc(c(=S)n2O)C(=O)NCCCN(C(=O)c2cccc(=S)n2O)CCCCN(C(=O)c2cccc(=S)n2O)CCCNC(=O)c2ccc(n(O)c2=S)C(=O)N1.[Lu]. The molecule has 9 amide bonds. The van der Waals surface area contributed by atoms with Gasteiger partial charge in [-0.3, -0.25) is 43.2 Å². The van der Waals surface area contributed by atoms with Crippen molar-refractivity contribution in [1.82, 2.24) is 60.4 Å². The number of unbranched alkanes of at least 4 members (excludes halogenated alkanes) is 1. The number of hydrogen-bond donors (Lipinski definition) is 9. The molecule has 8 heterocycles. The zero-order valence-electron chi connectivity index (χ0n) is 44.3. The van der Waals surface area contributed by atoms with Gasteiger partial charge < -0.3 is 62.1 Å². The van der Waals surface area contributed by atoms with Gasteiger partial charge in [-0.1, -0.05) is 61.0 Å². The summed E-state index contributed by atoms with van der Waals surface area (Å²) in [5, 5.41) is 57.4. The Kier molecular flexibility index (Phi) is 25.7. The second-order valence-corrected chi connectivity index (χ2v) is 20.4. The van der Waals surface area contributed by atoms with Crippen LogP contribution in [0.5, 0.6) is 0 Å². The van der Waals surface area contributed by atoms with Crippen LogP contribution in [0, 0.1) is 55.4 Å². The summed E-state index contributed by atoms with van der Waals surface area (Å²) in [4.78, 5) is 138. The molecular formula is C51H60LuN12O15S4. The van der Waals surface area contributed by atoms with Gasteiger partial charge >= 0.3 is 5.97 Å². The van der Waals surface area contributed by atoms with E-state index in [9.17, 15) is 68.8 Å². The zero-order valence-corrected chi connectivity index (χ0v) is 49.2. The number of rotatable bonds is 12. The van der Waals surface area contributed by atoms with Crippen LogP contribution in [0.15, 0.2) is 60.7 Å². The molecule has 4 aromatic rings. The third-order valence-corrected chi connectivity index (χ3v) is 14.4. The summed E-state index contributed by atoms with van der Waals surface area (Å²) >= 11 is 21.1. The predicted molar refractivity (Wildman–Crippen MR) is 296 cm³/mol. The van der Waals surface area contributed by atoms with Crippen molar-refractivity contribution in [2.45, 2.75) is 83.1 Å². The van der Waals surface area contributed by atoms with E-state index in [1.807, 2.05) is 0 Å². The summed E-state index contributed by atoms with van der Waals surface area (Å²) < 4.78 is 0.937. The van der Waals surface area contributed by atoms with Gasteiger partial charge in [-0.15, -0.1) is 5.06 Å². The Balaban J connectivity index is 0.0000126. The van der Waals surface area contributed by atoms with Gasteiger partial charge in [0, 0.05) is 121 Å². The molecule has 32 heteroatoms. The van der Waals surface area contributed by atoms with Gasteiger partial charge in [0.1, 0.15) is 32.1 Å². The number of carbonyl (C=O) groups excluding carboxylic acids is 10. The molecule has 1 atom stereocenters. The maximum atomic E-state index is 13.9. The van der Waals surface area contributed by atoms with Crippen molar-refractivity contribution in [3.05, 3.63) is 113 Å². The maximum Gasteiger partial charge on any atom is 0.333 e. The van der Waals surface area contributed by atoms with E-state index in [4.69, 9.17) is 53.7 Å². The number of pyridine rings is 4. The topological polar surface area (TPSA) is 350 Å². The number of aromatic nitrogens is 4. The van der Waals surface area contributed by atoms with E-state index in [1.54, 1.807) is 0 Å². The molecule has 0 aromatic carbocycles. The fourth-order valence-corrected chi connectivity index (χ4v) is 9.42. The van der Waals surface area contributed by atoms with Crippen LogP contribution >= 0.6 is 48.9 Å². The minimum absolute atomic E-state index is 0. The molecule has 8 rings (SSSR count). The Morgan fingerprint density at radius 1 is 0.566 bits per heavy atom. The summed E-state index contributed by atoms with van der Waals surface area (Å²) in [6.07, 6.45) is 1.50. The second kappa shape index (κ2) is 32.0. The van der Waals surface area contributed by atoms with Crippen LogP contribution in [0.1, 0.15) is 140 Å². The van der Waals surface area contributed by atoms with Gasteiger partial charge in [0.25, 0.3) is 47.3 Å². The Morgan fingerprint density at radius 3 is 1.55 bits per heavy atom. The molecule has 4 aliphatic rings. The average Bonchev–Trinajstić information content (AvgIpc) is 4.03. The van der Waals surface area contributed by atoms with Crippen molar-refractivity contribution < 1.29 is 110 Å². The van der Waals surface area contributed by atoms with Gasteiger partial charge in [0.2, 0.25) is 5.91 Å². The van der Waals surface area contributed by atoms with Crippen LogP contribution in [-0.2, 0) is 24.0 Å². The molecule has 4 aliphatic heterocycles. The van der Waals surface area contributed by atoms with Gasteiger partial charge in [0.15, 0.2) is 9.28 Å². The molecular weight excluding hydrogens is 1320 g/mol. The van der Waals surface area contributed by atoms with Crippen LogP contribution < -0.4 is 26.6 Å². The molecule has 27 nitrogen and oxygen atoms in total. The average molecular weight is 1380 g/mol. The third-order valence-electron chi connectivity index (χ3n) is 13.0. The van der Waals surface area contributed by atoms with E-state index >= 15 is 0 Å². The van der Waals surface area contributed by atoms with Crippen LogP contribution in [0.3, 0.4) is 0 Å². The van der Waals surface area contributed by atoms with Crippen molar-refractivity contribution in [3.63, 3.8) is 0 Å². The number of hydroxylamine groups is 2. The summed E-state index contributed by atoms with van der Waals surface area (Å²) in [6.45, 7) is 0.188. The van der Waals surface area contributed by atoms with Gasteiger partial charge in [-0.2, -0.15) is 18.9 Å². The number of fused-ring (bicyclic) bond motifs is 2. The molecule has 4 bridgehead atoms. The summed E-state index contributed by atoms with van der Waals surface area (Å²) in [6, 6.07) is 12.5. The molecule has 4 aromatic heterocycles. The van der Waals surface area contributed by atoms with E-state index in [-0.39, 0.29) is 178 Å². The van der Waals surface area contributed by atoms with Crippen LogP contribution in [0.25, 0.3) is 0 Å². The Bertz CT molecular complexity index is 3370. The monoisotopic (exact) mass is 1380 g/mol. The van der Waals surface area contributed by atoms with Crippen molar-refractivity contribution >= 4 is 108 Å². The minimum atomic E-state index is -0.888. The van der Waals surface area contributed by atoms with Crippen molar-refractivity contribution in [2.24, 2.45) is 0 Å². The molecule has 1 fully saturated rings. The molecule has 9 N–H and O–H groups in total. The molecule has 0 saturated carbocycles. The van der Waals surface area contributed by atoms with Gasteiger partial charge in [-0.25, -0.2) is 4.79 Å². The summed E-state index contributed by atoms with van der Waals surface area (Å²) in [5.74, 6) is -6.87. The molecule has 0 unspecified atom stereocenters. The van der Waals surface area contributed by atoms with Crippen molar-refractivity contribution in [2.75, 3.05) is 52.4 Å². The quantitative estimate of drug-likeness (QED) is 0.0423. The fourth-order valence-electron chi connectivity index (χ4n) is 8.55. The predicted octanol–water partition coefficient (Wildman–Crippen LogP) is 3.67. The zero-order chi connectivity index (χ0) is 59.6. The fraction of sp³-hybridized carbons (Fsp3) is 0.412. The van der Waals surface area contributed by atoms with E-state index in [1.165, 1.54) is 58.3 Å². The number of nitrogens with one attached hydrogen (secondary N) is 5. The summed E-state index contributed by atoms with van der Waals surface area (Å²) in [5.41, 5.74) is -1.39. The Morgan fingerprint density at radius 2 is 1.05 bits per heavy atom. The molecule has 1 radical (unpaired) electrons.